The Morgan fingerprint density at radius 2 is 1.09 bits per heavy atom. The standard InChI is InChI=1S/C30H54N.ClH/c1-4-6-7-8-9-10-11-12-13-14-15-16-17-18-19-23-28-31(3,27-5-2)29-26-30-24-21-20-22-25-30;/h5,20-22,24-25H,2,4,6-19,23,26-29H2,1,3H3;1H/q+1;/p-1. The van der Waals surface area contributed by atoms with Crippen molar-refractivity contribution in [2.24, 2.45) is 0 Å². The fourth-order valence-electron chi connectivity index (χ4n) is 4.69. The van der Waals surface area contributed by atoms with Crippen molar-refractivity contribution in [2.75, 3.05) is 26.7 Å². The van der Waals surface area contributed by atoms with Crippen LogP contribution in [0.25, 0.3) is 0 Å². The molecule has 1 aromatic carbocycles. The smallest absolute Gasteiger partial charge is 0.0969 e. The molecule has 0 heterocycles. The molecule has 0 aliphatic rings. The zero-order valence-corrected chi connectivity index (χ0v) is 22.4. The minimum atomic E-state index is 0. The van der Waals surface area contributed by atoms with Crippen LogP contribution >= 0.6 is 0 Å². The van der Waals surface area contributed by atoms with Crippen LogP contribution in [-0.2, 0) is 6.42 Å². The Hall–Kier alpha value is -0.790. The highest BCUT2D eigenvalue weighted by Gasteiger charge is 2.19. The van der Waals surface area contributed by atoms with E-state index < -0.39 is 0 Å². The average molecular weight is 464 g/mol. The van der Waals surface area contributed by atoms with Gasteiger partial charge in [-0.05, 0) is 24.5 Å². The molecule has 1 rings (SSSR count). The van der Waals surface area contributed by atoms with Crippen molar-refractivity contribution in [1.82, 2.24) is 0 Å². The zero-order valence-electron chi connectivity index (χ0n) is 21.6. The summed E-state index contributed by atoms with van der Waals surface area (Å²) >= 11 is 0. The molecule has 0 amide bonds. The third kappa shape index (κ3) is 17.7. The summed E-state index contributed by atoms with van der Waals surface area (Å²) in [5.41, 5.74) is 1.46. The van der Waals surface area contributed by atoms with E-state index in [2.05, 4.69) is 57.0 Å². The van der Waals surface area contributed by atoms with E-state index in [0.717, 1.165) is 11.0 Å². The number of unbranched alkanes of at least 4 members (excludes halogenated alkanes) is 15. The molecule has 1 unspecified atom stereocenters. The number of hydrogen-bond donors (Lipinski definition) is 0. The number of benzene rings is 1. The van der Waals surface area contributed by atoms with Crippen LogP contribution in [0.2, 0.25) is 0 Å². The van der Waals surface area contributed by atoms with E-state index >= 15 is 0 Å². The van der Waals surface area contributed by atoms with Gasteiger partial charge in [0.2, 0.25) is 0 Å². The molecule has 0 aliphatic carbocycles. The highest BCUT2D eigenvalue weighted by molar-refractivity contribution is 5.14. The van der Waals surface area contributed by atoms with Crippen molar-refractivity contribution >= 4 is 0 Å². The molecule has 0 N–H and O–H groups in total. The van der Waals surface area contributed by atoms with Crippen molar-refractivity contribution in [1.29, 1.82) is 0 Å². The highest BCUT2D eigenvalue weighted by atomic mass is 35.5. The lowest BCUT2D eigenvalue weighted by molar-refractivity contribution is -0.904. The zero-order chi connectivity index (χ0) is 22.5. The normalized spacial score (nSPS) is 12.8. The number of rotatable bonds is 22. The molecule has 0 saturated heterocycles. The van der Waals surface area contributed by atoms with Crippen molar-refractivity contribution in [3.05, 3.63) is 48.6 Å². The van der Waals surface area contributed by atoms with Gasteiger partial charge in [-0.25, -0.2) is 0 Å². The number of nitrogens with zero attached hydrogens (tertiary/aromatic N) is 1. The first-order chi connectivity index (χ1) is 15.2. The first-order valence-electron chi connectivity index (χ1n) is 13.7. The predicted octanol–water partition coefficient (Wildman–Crippen LogP) is 6.13. The minimum absolute atomic E-state index is 0. The fourth-order valence-corrected chi connectivity index (χ4v) is 4.69. The predicted molar refractivity (Wildman–Crippen MR) is 141 cm³/mol. The molecule has 0 saturated carbocycles. The number of quaternary nitrogens is 1. The van der Waals surface area contributed by atoms with Crippen LogP contribution in [0.15, 0.2) is 43.0 Å². The molecule has 1 nitrogen and oxygen atoms in total. The second-order valence-electron chi connectivity index (χ2n) is 10.1. The van der Waals surface area contributed by atoms with Crippen molar-refractivity contribution in [3.63, 3.8) is 0 Å². The molecular formula is C30H54ClN. The van der Waals surface area contributed by atoms with E-state index in [1.165, 1.54) is 128 Å². The van der Waals surface area contributed by atoms with Crippen LogP contribution in [-0.4, -0.2) is 31.2 Å². The van der Waals surface area contributed by atoms with E-state index in [-0.39, 0.29) is 12.4 Å². The summed E-state index contributed by atoms with van der Waals surface area (Å²) in [7, 11) is 2.41. The van der Waals surface area contributed by atoms with Gasteiger partial charge in [0.25, 0.3) is 0 Å². The lowest BCUT2D eigenvalue weighted by atomic mass is 10.0. The summed E-state index contributed by atoms with van der Waals surface area (Å²) in [6.07, 6.45) is 26.3. The van der Waals surface area contributed by atoms with Crippen LogP contribution in [0.1, 0.15) is 115 Å². The molecule has 0 aromatic heterocycles. The molecule has 1 aromatic rings. The second kappa shape index (κ2) is 22.0. The van der Waals surface area contributed by atoms with Crippen LogP contribution in [0.3, 0.4) is 0 Å². The summed E-state index contributed by atoms with van der Waals surface area (Å²) in [4.78, 5) is 0. The van der Waals surface area contributed by atoms with Gasteiger partial charge >= 0.3 is 0 Å². The van der Waals surface area contributed by atoms with E-state index in [1.54, 1.807) is 0 Å². The molecule has 32 heavy (non-hydrogen) atoms. The molecule has 0 aliphatic heterocycles. The Labute approximate surface area is 208 Å². The SMILES string of the molecule is C=CC[N+](C)(CCCCCCCCCCCCCCCCCC)CCc1ccccc1.[Cl-]. The molecule has 2 heteroatoms. The Balaban J connectivity index is 0.00000961. The summed E-state index contributed by atoms with van der Waals surface area (Å²) in [6.45, 7) is 9.90. The Morgan fingerprint density at radius 3 is 1.53 bits per heavy atom. The molecule has 0 radical (unpaired) electrons. The molecular weight excluding hydrogens is 410 g/mol. The Bertz CT molecular complexity index is 515. The first kappa shape index (κ1) is 31.2. The quantitative estimate of drug-likeness (QED) is 0.110. The van der Waals surface area contributed by atoms with Gasteiger partial charge in [0.05, 0.1) is 26.7 Å². The minimum Gasteiger partial charge on any atom is -1.00 e. The van der Waals surface area contributed by atoms with E-state index in [0.29, 0.717) is 0 Å². The second-order valence-corrected chi connectivity index (χ2v) is 10.1. The van der Waals surface area contributed by atoms with Gasteiger partial charge in [-0.3, -0.25) is 0 Å². The molecule has 1 atom stereocenters. The molecule has 0 spiro atoms. The van der Waals surface area contributed by atoms with Crippen LogP contribution < -0.4 is 12.4 Å². The first-order valence-corrected chi connectivity index (χ1v) is 13.7. The van der Waals surface area contributed by atoms with Gasteiger partial charge in [0, 0.05) is 6.42 Å². The van der Waals surface area contributed by atoms with E-state index in [1.807, 2.05) is 0 Å². The average Bonchev–Trinajstić information content (AvgIpc) is 2.78. The Morgan fingerprint density at radius 1 is 0.656 bits per heavy atom. The number of halogens is 1. The fraction of sp³-hybridized carbons (Fsp3) is 0.733. The van der Waals surface area contributed by atoms with Crippen molar-refractivity contribution in [3.8, 4) is 0 Å². The van der Waals surface area contributed by atoms with Gasteiger partial charge in [-0.2, -0.15) is 0 Å². The lowest BCUT2D eigenvalue weighted by Gasteiger charge is -2.34. The third-order valence-corrected chi connectivity index (χ3v) is 6.90. The molecule has 0 bridgehead atoms. The van der Waals surface area contributed by atoms with Gasteiger partial charge in [0.1, 0.15) is 0 Å². The van der Waals surface area contributed by atoms with Gasteiger partial charge in [-0.1, -0.05) is 134 Å². The number of hydrogen-bond acceptors (Lipinski definition) is 0. The van der Waals surface area contributed by atoms with E-state index in [4.69, 9.17) is 0 Å². The van der Waals surface area contributed by atoms with Crippen LogP contribution in [0.4, 0.5) is 0 Å². The molecule has 0 fully saturated rings. The lowest BCUT2D eigenvalue weighted by Crippen LogP contribution is -3.00. The monoisotopic (exact) mass is 463 g/mol. The van der Waals surface area contributed by atoms with E-state index in [9.17, 15) is 0 Å². The maximum Gasteiger partial charge on any atom is 0.0969 e. The van der Waals surface area contributed by atoms with Crippen LogP contribution in [0, 0.1) is 0 Å². The maximum absolute atomic E-state index is 4.01. The highest BCUT2D eigenvalue weighted by Crippen LogP contribution is 2.15. The summed E-state index contributed by atoms with van der Waals surface area (Å²) in [6, 6.07) is 10.9. The maximum atomic E-state index is 4.01. The van der Waals surface area contributed by atoms with Crippen LogP contribution in [0.5, 0.6) is 0 Å². The van der Waals surface area contributed by atoms with Crippen molar-refractivity contribution in [2.45, 2.75) is 116 Å². The summed E-state index contributed by atoms with van der Waals surface area (Å²) < 4.78 is 1.14. The van der Waals surface area contributed by atoms with Gasteiger partial charge in [-0.15, -0.1) is 0 Å². The largest absolute Gasteiger partial charge is 1.00 e. The Kier molecular flexibility index (Phi) is 21.5. The molecule has 186 valence electrons. The number of likely N-dealkylation sites (N-methyl/N-ethyl adjacent to an activating group) is 1. The third-order valence-electron chi connectivity index (χ3n) is 6.90. The van der Waals surface area contributed by atoms with Gasteiger partial charge in [0.15, 0.2) is 0 Å². The van der Waals surface area contributed by atoms with Crippen molar-refractivity contribution < 1.29 is 16.9 Å². The summed E-state index contributed by atoms with van der Waals surface area (Å²) in [5.74, 6) is 0. The van der Waals surface area contributed by atoms with Gasteiger partial charge < -0.3 is 16.9 Å². The summed E-state index contributed by atoms with van der Waals surface area (Å²) in [5, 5.41) is 0. The topological polar surface area (TPSA) is 0 Å².